The first-order valence-electron chi connectivity index (χ1n) is 6.55. The van der Waals surface area contributed by atoms with Crippen molar-refractivity contribution in [1.82, 2.24) is 14.8 Å². The fourth-order valence-electron chi connectivity index (χ4n) is 2.06. The molecule has 1 aromatic carbocycles. The fourth-order valence-corrected chi connectivity index (χ4v) is 2.06. The van der Waals surface area contributed by atoms with Crippen molar-refractivity contribution in [2.24, 2.45) is 0 Å². The summed E-state index contributed by atoms with van der Waals surface area (Å²) in [7, 11) is 0. The molecule has 5 nitrogen and oxygen atoms in total. The summed E-state index contributed by atoms with van der Waals surface area (Å²) < 4.78 is 1.72. The van der Waals surface area contributed by atoms with Gasteiger partial charge in [-0.05, 0) is 35.9 Å². The summed E-state index contributed by atoms with van der Waals surface area (Å²) in [4.78, 5) is 4.35. The fraction of sp³-hybridized carbons (Fsp3) is 0.0625. The van der Waals surface area contributed by atoms with E-state index in [1.807, 2.05) is 42.6 Å². The van der Waals surface area contributed by atoms with Gasteiger partial charge in [-0.15, -0.1) is 0 Å². The van der Waals surface area contributed by atoms with Crippen molar-refractivity contribution in [3.63, 3.8) is 0 Å². The third-order valence-corrected chi connectivity index (χ3v) is 3.05. The van der Waals surface area contributed by atoms with Gasteiger partial charge in [0.1, 0.15) is 0 Å². The van der Waals surface area contributed by atoms with Gasteiger partial charge in [-0.3, -0.25) is 0 Å². The van der Waals surface area contributed by atoms with E-state index in [9.17, 15) is 0 Å². The topological polar surface area (TPSA) is 66.5 Å². The largest absolute Gasteiger partial charge is 0.378 e. The van der Waals surface area contributed by atoms with E-state index < -0.39 is 0 Å². The van der Waals surface area contributed by atoms with Crippen molar-refractivity contribution in [1.29, 1.82) is 5.26 Å². The minimum Gasteiger partial charge on any atom is -0.378 e. The number of hydrogen-bond acceptors (Lipinski definition) is 4. The molecule has 2 aromatic heterocycles. The van der Waals surface area contributed by atoms with E-state index in [4.69, 9.17) is 5.26 Å². The van der Waals surface area contributed by atoms with E-state index in [2.05, 4.69) is 21.5 Å². The molecule has 0 unspecified atom stereocenters. The predicted molar refractivity (Wildman–Crippen MR) is 79.8 cm³/mol. The molecule has 2 heterocycles. The second kappa shape index (κ2) is 5.88. The lowest BCUT2D eigenvalue weighted by molar-refractivity contribution is 0.846. The Morgan fingerprint density at radius 2 is 2.10 bits per heavy atom. The lowest BCUT2D eigenvalue weighted by atomic mass is 10.1. The Hall–Kier alpha value is -3.13. The zero-order valence-electron chi connectivity index (χ0n) is 11.3. The molecule has 1 N–H and O–H groups in total. The van der Waals surface area contributed by atoms with Crippen molar-refractivity contribution in [2.45, 2.75) is 6.54 Å². The Morgan fingerprint density at radius 3 is 2.90 bits per heavy atom. The normalized spacial score (nSPS) is 10.0. The molecule has 0 saturated carbocycles. The minimum atomic E-state index is 0.621. The zero-order valence-corrected chi connectivity index (χ0v) is 11.3. The summed E-state index contributed by atoms with van der Waals surface area (Å²) in [6, 6.07) is 15.4. The molecular formula is C16H13N5. The predicted octanol–water partition coefficient (Wildman–Crippen LogP) is 2.75. The number of nitrogens with zero attached hydrogens (tertiary/aromatic N) is 4. The van der Waals surface area contributed by atoms with Gasteiger partial charge in [0.25, 0.3) is 0 Å². The van der Waals surface area contributed by atoms with Crippen molar-refractivity contribution >= 4 is 5.69 Å². The second-order valence-electron chi connectivity index (χ2n) is 4.49. The number of hydrogen-bond donors (Lipinski definition) is 1. The van der Waals surface area contributed by atoms with Crippen molar-refractivity contribution in [3.05, 3.63) is 72.2 Å². The van der Waals surface area contributed by atoms with Crippen LogP contribution in [0.1, 0.15) is 11.1 Å². The Kier molecular flexibility index (Phi) is 3.61. The Labute approximate surface area is 122 Å². The zero-order chi connectivity index (χ0) is 14.5. The SMILES string of the molecule is N#Cc1cccc(CNc2cccnc2-n2cccn2)c1. The Balaban J connectivity index is 1.81. The summed E-state index contributed by atoms with van der Waals surface area (Å²) in [5, 5.41) is 16.5. The monoisotopic (exact) mass is 275 g/mol. The van der Waals surface area contributed by atoms with Crippen LogP contribution in [0.25, 0.3) is 5.82 Å². The van der Waals surface area contributed by atoms with Crippen LogP contribution in [0.5, 0.6) is 0 Å². The number of anilines is 1. The number of nitrogens with one attached hydrogen (secondary N) is 1. The number of pyridine rings is 1. The summed E-state index contributed by atoms with van der Waals surface area (Å²) in [6.07, 6.45) is 5.30. The van der Waals surface area contributed by atoms with Gasteiger partial charge in [-0.2, -0.15) is 10.4 Å². The number of nitriles is 1. The molecule has 3 aromatic rings. The highest BCUT2D eigenvalue weighted by Gasteiger charge is 2.05. The third kappa shape index (κ3) is 2.90. The molecule has 3 rings (SSSR count). The molecule has 0 radical (unpaired) electrons. The Morgan fingerprint density at radius 1 is 1.14 bits per heavy atom. The maximum absolute atomic E-state index is 8.92. The molecule has 0 fully saturated rings. The summed E-state index contributed by atoms with van der Waals surface area (Å²) >= 11 is 0. The molecule has 102 valence electrons. The summed E-state index contributed by atoms with van der Waals surface area (Å²) in [6.45, 7) is 0.621. The Bertz CT molecular complexity index is 771. The molecule has 0 aliphatic carbocycles. The highest BCUT2D eigenvalue weighted by atomic mass is 15.3. The lowest BCUT2D eigenvalue weighted by Gasteiger charge is -2.11. The maximum atomic E-state index is 8.92. The third-order valence-electron chi connectivity index (χ3n) is 3.05. The van der Waals surface area contributed by atoms with Crippen LogP contribution in [-0.4, -0.2) is 14.8 Å². The van der Waals surface area contributed by atoms with E-state index in [0.29, 0.717) is 12.1 Å². The second-order valence-corrected chi connectivity index (χ2v) is 4.49. The first-order chi connectivity index (χ1) is 10.4. The minimum absolute atomic E-state index is 0.621. The molecule has 0 saturated heterocycles. The van der Waals surface area contributed by atoms with Gasteiger partial charge in [-0.1, -0.05) is 12.1 Å². The quantitative estimate of drug-likeness (QED) is 0.795. The maximum Gasteiger partial charge on any atom is 0.176 e. The van der Waals surface area contributed by atoms with Gasteiger partial charge >= 0.3 is 0 Å². The molecule has 0 atom stereocenters. The van der Waals surface area contributed by atoms with Crippen LogP contribution >= 0.6 is 0 Å². The summed E-state index contributed by atoms with van der Waals surface area (Å²) in [5.41, 5.74) is 2.60. The highest BCUT2D eigenvalue weighted by molar-refractivity contribution is 5.56. The van der Waals surface area contributed by atoms with Crippen LogP contribution in [0.15, 0.2) is 61.1 Å². The molecular weight excluding hydrogens is 262 g/mol. The van der Waals surface area contributed by atoms with Gasteiger partial charge in [0.15, 0.2) is 5.82 Å². The lowest BCUT2D eigenvalue weighted by Crippen LogP contribution is -2.06. The van der Waals surface area contributed by atoms with E-state index in [1.165, 1.54) is 0 Å². The summed E-state index contributed by atoms with van der Waals surface area (Å²) in [5.74, 6) is 0.749. The first-order valence-corrected chi connectivity index (χ1v) is 6.55. The van der Waals surface area contributed by atoms with E-state index in [1.54, 1.807) is 23.1 Å². The highest BCUT2D eigenvalue weighted by Crippen LogP contribution is 2.17. The molecule has 0 aliphatic rings. The number of benzene rings is 1. The van der Waals surface area contributed by atoms with Crippen LogP contribution in [0, 0.1) is 11.3 Å². The van der Waals surface area contributed by atoms with E-state index in [-0.39, 0.29) is 0 Å². The van der Waals surface area contributed by atoms with Crippen LogP contribution in [0.3, 0.4) is 0 Å². The van der Waals surface area contributed by atoms with Gasteiger partial charge in [0.05, 0.1) is 17.3 Å². The van der Waals surface area contributed by atoms with E-state index >= 15 is 0 Å². The van der Waals surface area contributed by atoms with Crippen LogP contribution in [0.4, 0.5) is 5.69 Å². The van der Waals surface area contributed by atoms with Crippen LogP contribution < -0.4 is 5.32 Å². The average Bonchev–Trinajstić information content (AvgIpc) is 3.08. The van der Waals surface area contributed by atoms with Crippen molar-refractivity contribution < 1.29 is 0 Å². The average molecular weight is 275 g/mol. The van der Waals surface area contributed by atoms with Gasteiger partial charge in [0, 0.05) is 25.1 Å². The van der Waals surface area contributed by atoms with Gasteiger partial charge in [0.2, 0.25) is 0 Å². The molecule has 0 aliphatic heterocycles. The van der Waals surface area contributed by atoms with Gasteiger partial charge < -0.3 is 5.32 Å². The first kappa shape index (κ1) is 12.9. The molecule has 0 spiro atoms. The van der Waals surface area contributed by atoms with Crippen molar-refractivity contribution in [2.75, 3.05) is 5.32 Å². The van der Waals surface area contributed by atoms with Gasteiger partial charge in [-0.25, -0.2) is 9.67 Å². The number of aromatic nitrogens is 3. The molecule has 0 amide bonds. The smallest absolute Gasteiger partial charge is 0.176 e. The van der Waals surface area contributed by atoms with E-state index in [0.717, 1.165) is 17.1 Å². The molecule has 5 heteroatoms. The molecule has 21 heavy (non-hydrogen) atoms. The standard InChI is InChI=1S/C16H13N5/c17-11-13-4-1-5-14(10-13)12-19-15-6-2-7-18-16(15)21-9-3-8-20-21/h1-10,19H,12H2. The van der Waals surface area contributed by atoms with Crippen LogP contribution in [-0.2, 0) is 6.54 Å². The van der Waals surface area contributed by atoms with Crippen molar-refractivity contribution in [3.8, 4) is 11.9 Å². The molecule has 0 bridgehead atoms. The van der Waals surface area contributed by atoms with Crippen LogP contribution in [0.2, 0.25) is 0 Å². The number of rotatable bonds is 4.